The number of carbonyl (C=O) groups excluding carboxylic acids is 1. The summed E-state index contributed by atoms with van der Waals surface area (Å²) < 4.78 is 17.0. The highest BCUT2D eigenvalue weighted by Crippen LogP contribution is 2.41. The van der Waals surface area contributed by atoms with Gasteiger partial charge in [-0.05, 0) is 24.5 Å². The SMILES string of the molecule is COCC1CCC(COC)N1Cc1ccc2c(c1)CO/C2=C1/C(=O)Nc2ccccc21. The molecule has 162 valence electrons. The molecule has 1 amide bonds. The largest absolute Gasteiger partial charge is 0.487 e. The van der Waals surface area contributed by atoms with E-state index >= 15 is 0 Å². The van der Waals surface area contributed by atoms with Crippen molar-refractivity contribution in [2.24, 2.45) is 0 Å². The lowest BCUT2D eigenvalue weighted by Gasteiger charge is -2.29. The molecule has 2 atom stereocenters. The molecule has 31 heavy (non-hydrogen) atoms. The number of hydrogen-bond acceptors (Lipinski definition) is 5. The first-order valence-electron chi connectivity index (χ1n) is 10.8. The maximum Gasteiger partial charge on any atom is 0.260 e. The highest BCUT2D eigenvalue weighted by atomic mass is 16.5. The predicted molar refractivity (Wildman–Crippen MR) is 119 cm³/mol. The van der Waals surface area contributed by atoms with Crippen LogP contribution in [0.2, 0.25) is 0 Å². The van der Waals surface area contributed by atoms with Gasteiger partial charge in [0.05, 0.1) is 18.8 Å². The Hall–Kier alpha value is -2.67. The third-order valence-electron chi connectivity index (χ3n) is 6.54. The summed E-state index contributed by atoms with van der Waals surface area (Å²) in [6.45, 7) is 2.81. The first-order chi connectivity index (χ1) is 15.2. The average molecular weight is 421 g/mol. The van der Waals surface area contributed by atoms with Crippen LogP contribution in [0.4, 0.5) is 5.69 Å². The monoisotopic (exact) mass is 420 g/mol. The van der Waals surface area contributed by atoms with E-state index in [0.717, 1.165) is 55.0 Å². The quantitative estimate of drug-likeness (QED) is 0.723. The van der Waals surface area contributed by atoms with Crippen molar-refractivity contribution < 1.29 is 19.0 Å². The highest BCUT2D eigenvalue weighted by molar-refractivity contribution is 6.36. The zero-order chi connectivity index (χ0) is 21.4. The van der Waals surface area contributed by atoms with E-state index in [1.807, 2.05) is 24.3 Å². The first kappa shape index (κ1) is 20.2. The molecule has 0 aliphatic carbocycles. The number of para-hydroxylation sites is 1. The standard InChI is InChI=1S/C25H28N2O4/c1-29-14-18-8-9-19(15-30-2)27(18)12-16-7-10-20-17(11-16)13-31-24(20)23-21-5-3-4-6-22(21)26-25(23)28/h3-7,10-11,18-19H,8-9,12-15H2,1-2H3,(H,26,28)/b24-23+. The third-order valence-corrected chi connectivity index (χ3v) is 6.54. The van der Waals surface area contributed by atoms with Crippen molar-refractivity contribution >= 4 is 22.9 Å². The number of nitrogens with one attached hydrogen (secondary N) is 1. The highest BCUT2D eigenvalue weighted by Gasteiger charge is 2.35. The van der Waals surface area contributed by atoms with Gasteiger partial charge in [0.2, 0.25) is 0 Å². The van der Waals surface area contributed by atoms with Crippen LogP contribution in [0.3, 0.4) is 0 Å². The molecular formula is C25H28N2O4. The van der Waals surface area contributed by atoms with E-state index in [2.05, 4.69) is 28.4 Å². The topological polar surface area (TPSA) is 60.0 Å². The number of benzene rings is 2. The Morgan fingerprint density at radius 3 is 2.52 bits per heavy atom. The van der Waals surface area contributed by atoms with Gasteiger partial charge in [-0.2, -0.15) is 0 Å². The second-order valence-electron chi connectivity index (χ2n) is 8.45. The van der Waals surface area contributed by atoms with Gasteiger partial charge in [-0.3, -0.25) is 9.69 Å². The van der Waals surface area contributed by atoms with Crippen molar-refractivity contribution in [1.82, 2.24) is 4.90 Å². The first-order valence-corrected chi connectivity index (χ1v) is 10.8. The van der Waals surface area contributed by atoms with Gasteiger partial charge in [0.15, 0.2) is 0 Å². The number of methoxy groups -OCH3 is 2. The van der Waals surface area contributed by atoms with Gasteiger partial charge in [-0.25, -0.2) is 0 Å². The van der Waals surface area contributed by atoms with Crippen LogP contribution < -0.4 is 5.32 Å². The van der Waals surface area contributed by atoms with E-state index < -0.39 is 0 Å². The van der Waals surface area contributed by atoms with Crippen molar-refractivity contribution in [3.8, 4) is 0 Å². The van der Waals surface area contributed by atoms with E-state index in [-0.39, 0.29) is 5.91 Å². The minimum Gasteiger partial charge on any atom is -0.487 e. The fraction of sp³-hybridized carbons (Fsp3) is 0.400. The van der Waals surface area contributed by atoms with E-state index in [4.69, 9.17) is 14.2 Å². The number of nitrogens with zero attached hydrogens (tertiary/aromatic N) is 1. The Labute approximate surface area is 182 Å². The molecule has 1 fully saturated rings. The molecule has 0 radical (unpaired) electrons. The number of rotatable bonds is 6. The van der Waals surface area contributed by atoms with Gasteiger partial charge in [-0.15, -0.1) is 0 Å². The Morgan fingerprint density at radius 2 is 1.77 bits per heavy atom. The van der Waals surface area contributed by atoms with Crippen LogP contribution in [0.1, 0.15) is 35.1 Å². The molecule has 2 unspecified atom stereocenters. The minimum atomic E-state index is -0.102. The van der Waals surface area contributed by atoms with Gasteiger partial charge in [0.1, 0.15) is 12.4 Å². The van der Waals surface area contributed by atoms with Crippen LogP contribution in [0.15, 0.2) is 42.5 Å². The lowest BCUT2D eigenvalue weighted by atomic mass is 9.99. The summed E-state index contributed by atoms with van der Waals surface area (Å²) in [5, 5.41) is 2.94. The number of anilines is 1. The number of fused-ring (bicyclic) bond motifs is 2. The van der Waals surface area contributed by atoms with Crippen molar-refractivity contribution in [2.75, 3.05) is 32.8 Å². The van der Waals surface area contributed by atoms with E-state index in [1.54, 1.807) is 14.2 Å². The molecule has 0 aromatic heterocycles. The van der Waals surface area contributed by atoms with Gasteiger partial charge < -0.3 is 19.5 Å². The molecule has 3 heterocycles. The molecule has 2 aromatic carbocycles. The Balaban J connectivity index is 1.43. The van der Waals surface area contributed by atoms with Crippen LogP contribution in [-0.4, -0.2) is 50.3 Å². The molecule has 3 aliphatic heterocycles. The number of carbonyl (C=O) groups is 1. The number of hydrogen-bond donors (Lipinski definition) is 1. The molecule has 6 heteroatoms. The molecule has 1 saturated heterocycles. The zero-order valence-corrected chi connectivity index (χ0v) is 18.0. The smallest absolute Gasteiger partial charge is 0.260 e. The van der Waals surface area contributed by atoms with E-state index in [1.165, 1.54) is 5.56 Å². The van der Waals surface area contributed by atoms with Crippen LogP contribution in [0.5, 0.6) is 0 Å². The van der Waals surface area contributed by atoms with Crippen LogP contribution in [0, 0.1) is 0 Å². The second-order valence-corrected chi connectivity index (χ2v) is 8.45. The second kappa shape index (κ2) is 8.46. The molecule has 6 nitrogen and oxygen atoms in total. The van der Waals surface area contributed by atoms with Gasteiger partial charge >= 0.3 is 0 Å². The Kier molecular flexibility index (Phi) is 5.52. The third kappa shape index (κ3) is 3.65. The van der Waals surface area contributed by atoms with Crippen molar-refractivity contribution in [3.05, 3.63) is 64.7 Å². The lowest BCUT2D eigenvalue weighted by Crippen LogP contribution is -2.40. The molecule has 0 bridgehead atoms. The maximum atomic E-state index is 12.6. The van der Waals surface area contributed by atoms with E-state index in [0.29, 0.717) is 30.0 Å². The lowest BCUT2D eigenvalue weighted by molar-refractivity contribution is -0.110. The van der Waals surface area contributed by atoms with Crippen molar-refractivity contribution in [2.45, 2.75) is 38.1 Å². The van der Waals surface area contributed by atoms with Crippen molar-refractivity contribution in [1.29, 1.82) is 0 Å². The summed E-state index contributed by atoms with van der Waals surface area (Å²) in [5.41, 5.74) is 5.75. The average Bonchev–Trinajstić information content (AvgIpc) is 3.44. The molecular weight excluding hydrogens is 392 g/mol. The van der Waals surface area contributed by atoms with Crippen LogP contribution >= 0.6 is 0 Å². The summed E-state index contributed by atoms with van der Waals surface area (Å²) >= 11 is 0. The molecule has 0 saturated carbocycles. The van der Waals surface area contributed by atoms with E-state index in [9.17, 15) is 4.79 Å². The Bertz CT molecular complexity index is 1020. The fourth-order valence-electron chi connectivity index (χ4n) is 5.09. The summed E-state index contributed by atoms with van der Waals surface area (Å²) in [6.07, 6.45) is 2.25. The van der Waals surface area contributed by atoms with Crippen LogP contribution in [0.25, 0.3) is 11.3 Å². The number of amides is 1. The summed E-state index contributed by atoms with van der Waals surface area (Å²) in [5.74, 6) is 0.578. The predicted octanol–water partition coefficient (Wildman–Crippen LogP) is 3.66. The Morgan fingerprint density at radius 1 is 1.03 bits per heavy atom. The summed E-state index contributed by atoms with van der Waals surface area (Å²) in [7, 11) is 3.53. The van der Waals surface area contributed by atoms with Crippen molar-refractivity contribution in [3.63, 3.8) is 0 Å². The normalized spacial score (nSPS) is 24.8. The minimum absolute atomic E-state index is 0.102. The molecule has 2 aromatic rings. The summed E-state index contributed by atoms with van der Waals surface area (Å²) in [6, 6.07) is 15.0. The zero-order valence-electron chi connectivity index (χ0n) is 18.0. The fourth-order valence-corrected chi connectivity index (χ4v) is 5.09. The van der Waals surface area contributed by atoms with Gasteiger partial charge in [0.25, 0.3) is 5.91 Å². The van der Waals surface area contributed by atoms with Gasteiger partial charge in [-0.1, -0.05) is 36.4 Å². The summed E-state index contributed by atoms with van der Waals surface area (Å²) in [4.78, 5) is 15.1. The number of ether oxygens (including phenoxy) is 3. The molecule has 5 rings (SSSR count). The maximum absolute atomic E-state index is 12.6. The molecule has 0 spiro atoms. The number of likely N-dealkylation sites (tertiary alicyclic amines) is 1. The van der Waals surface area contributed by atoms with Gasteiger partial charge in [0, 0.05) is 55.2 Å². The molecule has 1 N–H and O–H groups in total. The molecule has 3 aliphatic rings. The van der Waals surface area contributed by atoms with Crippen LogP contribution in [-0.2, 0) is 32.2 Å².